The molecule has 1 fully saturated rings. The summed E-state index contributed by atoms with van der Waals surface area (Å²) in [5.74, 6) is -0.134. The van der Waals surface area contributed by atoms with Crippen molar-refractivity contribution in [1.29, 1.82) is 0 Å². The minimum absolute atomic E-state index is 0.134. The Hall–Kier alpha value is -1.06. The number of rotatable bonds is 4. The van der Waals surface area contributed by atoms with Crippen molar-refractivity contribution in [3.8, 4) is 0 Å². The molecule has 18 heavy (non-hydrogen) atoms. The molecule has 1 heterocycles. The lowest BCUT2D eigenvalue weighted by Crippen LogP contribution is -2.42. The van der Waals surface area contributed by atoms with Gasteiger partial charge in [-0.1, -0.05) is 20.8 Å². The topological polar surface area (TPSA) is 41.9 Å². The van der Waals surface area contributed by atoms with Crippen LogP contribution in [0, 0.1) is 5.41 Å². The molecule has 1 atom stereocenters. The normalized spacial score (nSPS) is 21.3. The van der Waals surface area contributed by atoms with Crippen LogP contribution in [0.1, 0.15) is 53.4 Å². The van der Waals surface area contributed by atoms with Crippen molar-refractivity contribution >= 4 is 12.2 Å². The lowest BCUT2D eigenvalue weighted by molar-refractivity contribution is -0.150. The van der Waals surface area contributed by atoms with Crippen LogP contribution in [0.15, 0.2) is 5.10 Å². The molecule has 1 aliphatic heterocycles. The van der Waals surface area contributed by atoms with Crippen LogP contribution in [0.5, 0.6) is 0 Å². The Morgan fingerprint density at radius 1 is 1.44 bits per heavy atom. The van der Waals surface area contributed by atoms with Crippen LogP contribution in [0.2, 0.25) is 0 Å². The Kier molecular flexibility index (Phi) is 5.63. The zero-order valence-electron chi connectivity index (χ0n) is 12.1. The first-order valence-corrected chi connectivity index (χ1v) is 6.90. The van der Waals surface area contributed by atoms with E-state index in [4.69, 9.17) is 4.74 Å². The van der Waals surface area contributed by atoms with Gasteiger partial charge >= 0.3 is 5.97 Å². The highest BCUT2D eigenvalue weighted by atomic mass is 16.5. The first-order valence-electron chi connectivity index (χ1n) is 6.90. The fourth-order valence-electron chi connectivity index (χ4n) is 1.95. The fourth-order valence-corrected chi connectivity index (χ4v) is 1.95. The molecule has 1 saturated heterocycles. The lowest BCUT2D eigenvalue weighted by atomic mass is 9.93. The molecule has 4 heteroatoms. The molecule has 104 valence electrons. The number of ether oxygens (including phenoxy) is 1. The van der Waals surface area contributed by atoms with E-state index in [1.165, 1.54) is 0 Å². The van der Waals surface area contributed by atoms with E-state index in [2.05, 4.69) is 25.9 Å². The second-order valence-corrected chi connectivity index (χ2v) is 5.99. The van der Waals surface area contributed by atoms with Crippen molar-refractivity contribution in [3.63, 3.8) is 0 Å². The average Bonchev–Trinajstić information content (AvgIpc) is 2.28. The molecular weight excluding hydrogens is 228 g/mol. The van der Waals surface area contributed by atoms with Crippen LogP contribution in [0.3, 0.4) is 0 Å². The first kappa shape index (κ1) is 15.0. The monoisotopic (exact) mass is 254 g/mol. The van der Waals surface area contributed by atoms with Crippen LogP contribution in [-0.4, -0.2) is 36.4 Å². The standard InChI is InChI=1S/C14H26N2O2/c1-5-18-13(17)12-8-6-7-11-16(12)15-10-9-14(2,3)4/h10,12H,5-9,11H2,1-4H3/b15-10+. The van der Waals surface area contributed by atoms with E-state index in [9.17, 15) is 4.79 Å². The molecule has 0 aliphatic carbocycles. The molecular formula is C14H26N2O2. The van der Waals surface area contributed by atoms with Crippen LogP contribution < -0.4 is 0 Å². The summed E-state index contributed by atoms with van der Waals surface area (Å²) in [7, 11) is 0. The van der Waals surface area contributed by atoms with Gasteiger partial charge in [0.1, 0.15) is 6.04 Å². The molecule has 0 aromatic carbocycles. The number of piperidine rings is 1. The highest BCUT2D eigenvalue weighted by Gasteiger charge is 2.28. The SMILES string of the molecule is CCOC(=O)C1CCCCN1/N=C/CC(C)(C)C. The number of nitrogens with zero attached hydrogens (tertiary/aromatic N) is 2. The van der Waals surface area contributed by atoms with Crippen molar-refractivity contribution in [2.75, 3.05) is 13.2 Å². The van der Waals surface area contributed by atoms with Crippen LogP contribution >= 0.6 is 0 Å². The van der Waals surface area contributed by atoms with Crippen molar-refractivity contribution < 1.29 is 9.53 Å². The minimum atomic E-state index is -0.185. The van der Waals surface area contributed by atoms with Crippen molar-refractivity contribution in [1.82, 2.24) is 5.01 Å². The number of hydrazone groups is 1. The smallest absolute Gasteiger partial charge is 0.330 e. The number of hydrogen-bond donors (Lipinski definition) is 0. The zero-order chi connectivity index (χ0) is 13.6. The second-order valence-electron chi connectivity index (χ2n) is 5.99. The second kappa shape index (κ2) is 6.76. The maximum Gasteiger partial charge on any atom is 0.330 e. The molecule has 0 radical (unpaired) electrons. The van der Waals surface area contributed by atoms with Crippen LogP contribution in [0.25, 0.3) is 0 Å². The summed E-state index contributed by atoms with van der Waals surface area (Å²) in [6.07, 6.45) is 5.87. The number of hydrogen-bond acceptors (Lipinski definition) is 4. The largest absolute Gasteiger partial charge is 0.464 e. The molecule has 0 amide bonds. The van der Waals surface area contributed by atoms with Crippen molar-refractivity contribution in [2.45, 2.75) is 59.4 Å². The fraction of sp³-hybridized carbons (Fsp3) is 0.857. The zero-order valence-corrected chi connectivity index (χ0v) is 12.1. The third-order valence-corrected chi connectivity index (χ3v) is 2.97. The third-order valence-electron chi connectivity index (χ3n) is 2.97. The Balaban J connectivity index is 2.57. The predicted octanol–water partition coefficient (Wildman–Crippen LogP) is 2.83. The Bertz CT molecular complexity index is 295. The van der Waals surface area contributed by atoms with E-state index in [0.29, 0.717) is 6.61 Å². The van der Waals surface area contributed by atoms with Gasteiger partial charge in [-0.2, -0.15) is 5.10 Å². The van der Waals surface area contributed by atoms with E-state index in [0.717, 1.165) is 32.2 Å². The average molecular weight is 254 g/mol. The molecule has 0 spiro atoms. The predicted molar refractivity (Wildman–Crippen MR) is 73.5 cm³/mol. The molecule has 1 aliphatic rings. The number of esters is 1. The Morgan fingerprint density at radius 3 is 2.78 bits per heavy atom. The summed E-state index contributed by atoms with van der Waals surface area (Å²) in [6, 6.07) is -0.185. The minimum Gasteiger partial charge on any atom is -0.464 e. The Morgan fingerprint density at radius 2 is 2.17 bits per heavy atom. The summed E-state index contributed by atoms with van der Waals surface area (Å²) in [5, 5.41) is 6.36. The van der Waals surface area contributed by atoms with Gasteiger partial charge in [0.15, 0.2) is 0 Å². The van der Waals surface area contributed by atoms with Gasteiger partial charge in [0.25, 0.3) is 0 Å². The van der Waals surface area contributed by atoms with Gasteiger partial charge in [0.05, 0.1) is 6.61 Å². The third kappa shape index (κ3) is 5.07. The molecule has 0 saturated carbocycles. The molecule has 4 nitrogen and oxygen atoms in total. The molecule has 1 rings (SSSR count). The van der Waals surface area contributed by atoms with Crippen LogP contribution in [0.4, 0.5) is 0 Å². The number of carbonyl (C=O) groups is 1. The summed E-state index contributed by atoms with van der Waals surface area (Å²) in [4.78, 5) is 11.8. The maximum absolute atomic E-state index is 11.8. The van der Waals surface area contributed by atoms with Gasteiger partial charge in [-0.25, -0.2) is 4.79 Å². The van der Waals surface area contributed by atoms with Gasteiger partial charge in [0, 0.05) is 12.8 Å². The van der Waals surface area contributed by atoms with E-state index in [-0.39, 0.29) is 17.4 Å². The quantitative estimate of drug-likeness (QED) is 0.572. The molecule has 0 N–H and O–H groups in total. The van der Waals surface area contributed by atoms with Gasteiger partial charge < -0.3 is 4.74 Å². The highest BCUT2D eigenvalue weighted by molar-refractivity contribution is 5.76. The van der Waals surface area contributed by atoms with Crippen LogP contribution in [-0.2, 0) is 9.53 Å². The number of carbonyl (C=O) groups excluding carboxylic acids is 1. The van der Waals surface area contributed by atoms with Crippen molar-refractivity contribution in [2.24, 2.45) is 10.5 Å². The van der Waals surface area contributed by atoms with Crippen molar-refractivity contribution in [3.05, 3.63) is 0 Å². The highest BCUT2D eigenvalue weighted by Crippen LogP contribution is 2.20. The summed E-state index contributed by atoms with van der Waals surface area (Å²) in [6.45, 7) is 9.67. The maximum atomic E-state index is 11.8. The first-order chi connectivity index (χ1) is 8.44. The molecule has 0 aromatic heterocycles. The van der Waals surface area contributed by atoms with E-state index in [1.54, 1.807) is 0 Å². The van der Waals surface area contributed by atoms with E-state index in [1.807, 2.05) is 18.1 Å². The molecule has 0 aromatic rings. The summed E-state index contributed by atoms with van der Waals surface area (Å²) in [5.41, 5.74) is 0.235. The van der Waals surface area contributed by atoms with Gasteiger partial charge in [-0.05, 0) is 38.0 Å². The summed E-state index contributed by atoms with van der Waals surface area (Å²) < 4.78 is 5.10. The van der Waals surface area contributed by atoms with Gasteiger partial charge in [0.2, 0.25) is 0 Å². The van der Waals surface area contributed by atoms with Gasteiger partial charge in [-0.15, -0.1) is 0 Å². The van der Waals surface area contributed by atoms with E-state index >= 15 is 0 Å². The lowest BCUT2D eigenvalue weighted by Gasteiger charge is -2.31. The summed E-state index contributed by atoms with van der Waals surface area (Å²) >= 11 is 0. The van der Waals surface area contributed by atoms with E-state index < -0.39 is 0 Å². The Labute approximate surface area is 110 Å². The molecule has 0 bridgehead atoms. The molecule has 1 unspecified atom stereocenters. The van der Waals surface area contributed by atoms with Gasteiger partial charge in [-0.3, -0.25) is 5.01 Å².